The van der Waals surface area contributed by atoms with Gasteiger partial charge in [-0.1, -0.05) is 63.2 Å². The predicted octanol–water partition coefficient (Wildman–Crippen LogP) is 6.38. The summed E-state index contributed by atoms with van der Waals surface area (Å²) in [5.41, 5.74) is 1.10. The lowest BCUT2D eigenvalue weighted by Crippen LogP contribution is -2.14. The lowest BCUT2D eigenvalue weighted by Gasteiger charge is -2.12. The highest BCUT2D eigenvalue weighted by Gasteiger charge is 2.13. The molecule has 0 saturated carbocycles. The van der Waals surface area contributed by atoms with E-state index < -0.39 is 0 Å². The first-order valence-electron chi connectivity index (χ1n) is 6.25. The molecule has 0 amide bonds. The fourth-order valence-corrected chi connectivity index (χ4v) is 2.86. The molecular weight excluding hydrogens is 403 g/mol. The Bertz CT molecular complexity index is 749. The molecule has 0 spiro atoms. The molecule has 0 aliphatic heterocycles. The van der Waals surface area contributed by atoms with Crippen LogP contribution in [0.15, 0.2) is 35.5 Å². The smallest absolute Gasteiger partial charge is 0.140 e. The molecular formula is C15H10Cl5NO2. The van der Waals surface area contributed by atoms with Gasteiger partial charge in [0.1, 0.15) is 25.2 Å². The van der Waals surface area contributed by atoms with Crippen molar-refractivity contribution >= 4 is 63.7 Å². The fraction of sp³-hybridized carbons (Fsp3) is 0.133. The molecule has 0 unspecified atom stereocenters. The highest BCUT2D eigenvalue weighted by Crippen LogP contribution is 2.34. The van der Waals surface area contributed by atoms with Gasteiger partial charge in [0.25, 0.3) is 0 Å². The summed E-state index contributed by atoms with van der Waals surface area (Å²) in [6.45, 7) is 0.0624. The summed E-state index contributed by atoms with van der Waals surface area (Å²) in [5.74, 6) is 0.370. The van der Waals surface area contributed by atoms with Gasteiger partial charge in [0.15, 0.2) is 0 Å². The molecule has 0 N–H and O–H groups in total. The van der Waals surface area contributed by atoms with E-state index in [4.69, 9.17) is 67.6 Å². The number of oxime groups is 1. The van der Waals surface area contributed by atoms with E-state index in [1.54, 1.807) is 18.2 Å². The van der Waals surface area contributed by atoms with Crippen molar-refractivity contribution in [3.05, 3.63) is 61.0 Å². The lowest BCUT2D eigenvalue weighted by molar-refractivity contribution is 0.210. The lowest BCUT2D eigenvalue weighted by atomic mass is 10.1. The van der Waals surface area contributed by atoms with E-state index in [0.717, 1.165) is 0 Å². The van der Waals surface area contributed by atoms with E-state index >= 15 is 0 Å². The van der Waals surface area contributed by atoms with Crippen LogP contribution in [-0.2, 0) is 4.84 Å². The van der Waals surface area contributed by atoms with Crippen molar-refractivity contribution in [1.82, 2.24) is 0 Å². The van der Waals surface area contributed by atoms with Crippen molar-refractivity contribution in [3.63, 3.8) is 0 Å². The van der Waals surface area contributed by atoms with Gasteiger partial charge in [-0.3, -0.25) is 0 Å². The second kappa shape index (κ2) is 8.32. The predicted molar refractivity (Wildman–Crippen MR) is 97.0 cm³/mol. The Morgan fingerprint density at radius 3 is 2.26 bits per heavy atom. The summed E-state index contributed by atoms with van der Waals surface area (Å²) < 4.78 is 5.65. The largest absolute Gasteiger partial charge is 0.486 e. The Labute approximate surface area is 158 Å². The van der Waals surface area contributed by atoms with Crippen LogP contribution in [0.1, 0.15) is 5.56 Å². The van der Waals surface area contributed by atoms with Crippen molar-refractivity contribution in [1.29, 1.82) is 0 Å². The van der Waals surface area contributed by atoms with E-state index in [1.807, 2.05) is 0 Å². The van der Waals surface area contributed by atoms with Crippen LogP contribution < -0.4 is 4.74 Å². The first-order chi connectivity index (χ1) is 10.9. The second-order valence-corrected chi connectivity index (χ2v) is 6.40. The molecule has 23 heavy (non-hydrogen) atoms. The topological polar surface area (TPSA) is 30.8 Å². The number of hydrogen-bond donors (Lipinski definition) is 0. The van der Waals surface area contributed by atoms with E-state index in [1.165, 1.54) is 19.2 Å². The van der Waals surface area contributed by atoms with Crippen molar-refractivity contribution in [2.75, 3.05) is 13.7 Å². The maximum absolute atomic E-state index is 6.18. The van der Waals surface area contributed by atoms with Gasteiger partial charge < -0.3 is 9.57 Å². The Morgan fingerprint density at radius 2 is 1.61 bits per heavy atom. The van der Waals surface area contributed by atoms with Crippen LogP contribution in [0.4, 0.5) is 0 Å². The van der Waals surface area contributed by atoms with Gasteiger partial charge in [0, 0.05) is 16.7 Å². The molecule has 0 radical (unpaired) electrons. The van der Waals surface area contributed by atoms with Crippen LogP contribution in [-0.4, -0.2) is 19.4 Å². The Morgan fingerprint density at radius 1 is 0.913 bits per heavy atom. The van der Waals surface area contributed by atoms with Gasteiger partial charge in [0.2, 0.25) is 0 Å². The van der Waals surface area contributed by atoms with E-state index in [0.29, 0.717) is 42.1 Å². The maximum Gasteiger partial charge on any atom is 0.140 e. The van der Waals surface area contributed by atoms with E-state index in [-0.39, 0.29) is 6.61 Å². The summed E-state index contributed by atoms with van der Waals surface area (Å²) in [6, 6.07) is 8.06. The number of hydrogen-bond acceptors (Lipinski definition) is 3. The number of halogens is 5. The van der Waals surface area contributed by atoms with E-state index in [9.17, 15) is 0 Å². The molecule has 122 valence electrons. The average Bonchev–Trinajstić information content (AvgIpc) is 2.48. The summed E-state index contributed by atoms with van der Waals surface area (Å²) >= 11 is 30.0. The molecule has 0 aliphatic rings. The highest BCUT2D eigenvalue weighted by molar-refractivity contribution is 6.43. The molecule has 0 atom stereocenters. The number of rotatable bonds is 5. The van der Waals surface area contributed by atoms with Gasteiger partial charge in [-0.25, -0.2) is 0 Å². The molecule has 3 nitrogen and oxygen atoms in total. The summed E-state index contributed by atoms with van der Waals surface area (Å²) in [7, 11) is 1.43. The highest BCUT2D eigenvalue weighted by atomic mass is 35.5. The Balaban J connectivity index is 2.25. The number of nitrogens with zero attached hydrogens (tertiary/aromatic N) is 1. The van der Waals surface area contributed by atoms with Gasteiger partial charge in [-0.2, -0.15) is 0 Å². The van der Waals surface area contributed by atoms with E-state index in [2.05, 4.69) is 5.16 Å². The third-order valence-electron chi connectivity index (χ3n) is 2.78. The van der Waals surface area contributed by atoms with Crippen LogP contribution >= 0.6 is 58.0 Å². The second-order valence-electron chi connectivity index (χ2n) is 4.33. The minimum absolute atomic E-state index is 0.0624. The first kappa shape index (κ1) is 18.5. The van der Waals surface area contributed by atoms with Crippen molar-refractivity contribution < 1.29 is 9.57 Å². The summed E-state index contributed by atoms with van der Waals surface area (Å²) in [5, 5.41) is 5.89. The summed E-state index contributed by atoms with van der Waals surface area (Å²) in [6.07, 6.45) is 0. The standard InChI is InChI=1S/C15H10Cl5NO2/c1-22-21-14(9-3-2-8(16)4-10(9)17)7-23-15-6-12(19)11(18)5-13(15)20/h2-6H,7H2,1H3/b21-14+. The zero-order valence-electron chi connectivity index (χ0n) is 11.7. The minimum Gasteiger partial charge on any atom is -0.486 e. The minimum atomic E-state index is 0.0624. The van der Waals surface area contributed by atoms with Gasteiger partial charge in [-0.15, -0.1) is 0 Å². The molecule has 0 aliphatic carbocycles. The third-order valence-corrected chi connectivity index (χ3v) is 4.35. The van der Waals surface area contributed by atoms with Crippen LogP contribution in [0.25, 0.3) is 0 Å². The molecule has 0 aromatic heterocycles. The SMILES string of the molecule is CO/N=C(\COc1cc(Cl)c(Cl)cc1Cl)c1ccc(Cl)cc1Cl. The average molecular weight is 414 g/mol. The first-order valence-corrected chi connectivity index (χ1v) is 8.14. The van der Waals surface area contributed by atoms with Crippen molar-refractivity contribution in [2.24, 2.45) is 5.16 Å². The van der Waals surface area contributed by atoms with Crippen molar-refractivity contribution in [2.45, 2.75) is 0 Å². The Kier molecular flexibility index (Phi) is 6.69. The molecule has 8 heteroatoms. The van der Waals surface area contributed by atoms with Crippen LogP contribution in [0, 0.1) is 0 Å². The molecule has 0 heterocycles. The molecule has 0 fully saturated rings. The third kappa shape index (κ3) is 4.82. The van der Waals surface area contributed by atoms with Gasteiger partial charge in [0.05, 0.1) is 20.1 Å². The molecule has 2 aromatic carbocycles. The number of benzene rings is 2. The zero-order chi connectivity index (χ0) is 17.0. The molecule has 0 saturated heterocycles. The number of ether oxygens (including phenoxy) is 1. The summed E-state index contributed by atoms with van der Waals surface area (Å²) in [4.78, 5) is 4.84. The quantitative estimate of drug-likeness (QED) is 0.323. The fourth-order valence-electron chi connectivity index (χ4n) is 1.75. The van der Waals surface area contributed by atoms with Gasteiger partial charge >= 0.3 is 0 Å². The molecule has 2 rings (SSSR count). The van der Waals surface area contributed by atoms with Crippen LogP contribution in [0.5, 0.6) is 5.75 Å². The molecule has 2 aromatic rings. The van der Waals surface area contributed by atoms with Crippen LogP contribution in [0.2, 0.25) is 25.1 Å². The van der Waals surface area contributed by atoms with Gasteiger partial charge in [-0.05, 0) is 24.3 Å². The Hall–Kier alpha value is -0.840. The maximum atomic E-state index is 6.18. The van der Waals surface area contributed by atoms with Crippen LogP contribution in [0.3, 0.4) is 0 Å². The monoisotopic (exact) mass is 411 g/mol. The zero-order valence-corrected chi connectivity index (χ0v) is 15.5. The van der Waals surface area contributed by atoms with Crippen molar-refractivity contribution in [3.8, 4) is 5.75 Å². The normalized spacial score (nSPS) is 11.5. The molecule has 0 bridgehead atoms.